The molecule has 0 radical (unpaired) electrons. The Kier molecular flexibility index (Phi) is 7.73. The van der Waals surface area contributed by atoms with Gasteiger partial charge >= 0.3 is 12.0 Å². The third kappa shape index (κ3) is 7.94. The molecule has 6 nitrogen and oxygen atoms in total. The molecule has 0 aliphatic rings. The summed E-state index contributed by atoms with van der Waals surface area (Å²) in [6.45, 7) is 3.88. The van der Waals surface area contributed by atoms with E-state index in [4.69, 9.17) is 4.74 Å². The van der Waals surface area contributed by atoms with Crippen molar-refractivity contribution >= 4 is 17.9 Å². The Bertz CT molecular complexity index is 561. The lowest BCUT2D eigenvalue weighted by Gasteiger charge is -2.08. The maximum absolute atomic E-state index is 13.4. The van der Waals surface area contributed by atoms with Crippen molar-refractivity contribution < 1.29 is 23.5 Å². The van der Waals surface area contributed by atoms with Crippen LogP contribution in [0.15, 0.2) is 24.3 Å². The van der Waals surface area contributed by atoms with E-state index in [9.17, 15) is 18.8 Å². The van der Waals surface area contributed by atoms with Crippen LogP contribution in [0.5, 0.6) is 0 Å². The minimum absolute atomic E-state index is 0.185. The van der Waals surface area contributed by atoms with Crippen LogP contribution in [-0.2, 0) is 20.7 Å². The number of amides is 3. The van der Waals surface area contributed by atoms with Gasteiger partial charge in [-0.3, -0.25) is 14.9 Å². The Morgan fingerprint density at radius 3 is 2.57 bits per heavy atom. The topological polar surface area (TPSA) is 84.5 Å². The van der Waals surface area contributed by atoms with Crippen molar-refractivity contribution in [3.05, 3.63) is 35.6 Å². The number of rotatable bonds is 7. The number of benzene rings is 1. The summed E-state index contributed by atoms with van der Waals surface area (Å²) in [5, 5.41) is 4.56. The Morgan fingerprint density at radius 1 is 1.22 bits per heavy atom. The van der Waals surface area contributed by atoms with E-state index in [1.54, 1.807) is 6.07 Å². The Hall–Kier alpha value is -2.44. The first-order valence-electron chi connectivity index (χ1n) is 7.35. The molecule has 0 bridgehead atoms. The molecule has 0 aromatic heterocycles. The second kappa shape index (κ2) is 9.55. The summed E-state index contributed by atoms with van der Waals surface area (Å²) in [7, 11) is 0. The number of carbonyl (C=O) groups is 3. The number of carbonyl (C=O) groups excluding carboxylic acids is 3. The van der Waals surface area contributed by atoms with Gasteiger partial charge in [0.25, 0.3) is 5.91 Å². The lowest BCUT2D eigenvalue weighted by molar-refractivity contribution is -0.147. The van der Waals surface area contributed by atoms with Crippen LogP contribution < -0.4 is 10.6 Å². The number of ether oxygens (including phenoxy) is 1. The second-order valence-corrected chi connectivity index (χ2v) is 5.42. The predicted octanol–water partition coefficient (Wildman–Crippen LogP) is 1.78. The molecule has 0 unspecified atom stereocenters. The van der Waals surface area contributed by atoms with Crippen LogP contribution in [0.4, 0.5) is 9.18 Å². The molecule has 0 spiro atoms. The number of imide groups is 1. The zero-order chi connectivity index (χ0) is 17.2. The molecule has 0 atom stereocenters. The number of nitrogens with one attached hydrogen (secondary N) is 2. The Labute approximate surface area is 134 Å². The summed E-state index contributed by atoms with van der Waals surface area (Å²) in [4.78, 5) is 34.4. The van der Waals surface area contributed by atoms with Gasteiger partial charge in [-0.25, -0.2) is 9.18 Å². The summed E-state index contributed by atoms with van der Waals surface area (Å²) in [6.07, 6.45) is 0.514. The lowest BCUT2D eigenvalue weighted by atomic mass is 10.1. The fraction of sp³-hybridized carbons (Fsp3) is 0.438. The van der Waals surface area contributed by atoms with E-state index in [2.05, 4.69) is 5.32 Å². The van der Waals surface area contributed by atoms with E-state index in [1.165, 1.54) is 18.2 Å². The van der Waals surface area contributed by atoms with E-state index < -0.39 is 30.3 Å². The number of urea groups is 1. The Balaban J connectivity index is 2.26. The summed E-state index contributed by atoms with van der Waals surface area (Å²) >= 11 is 0. The molecule has 7 heteroatoms. The predicted molar refractivity (Wildman–Crippen MR) is 82.1 cm³/mol. The van der Waals surface area contributed by atoms with Crippen LogP contribution >= 0.6 is 0 Å². The number of hydrogen-bond acceptors (Lipinski definition) is 4. The number of esters is 1. The van der Waals surface area contributed by atoms with Crippen LogP contribution in [0.2, 0.25) is 0 Å². The third-order valence-corrected chi connectivity index (χ3v) is 2.92. The van der Waals surface area contributed by atoms with Gasteiger partial charge in [-0.15, -0.1) is 0 Å². The fourth-order valence-corrected chi connectivity index (χ4v) is 1.68. The van der Waals surface area contributed by atoms with Gasteiger partial charge in [0.05, 0.1) is 6.42 Å². The van der Waals surface area contributed by atoms with E-state index in [0.29, 0.717) is 12.5 Å². The van der Waals surface area contributed by atoms with Crippen molar-refractivity contribution in [3.8, 4) is 0 Å². The molecule has 3 amide bonds. The molecule has 23 heavy (non-hydrogen) atoms. The zero-order valence-corrected chi connectivity index (χ0v) is 13.2. The standard InChI is InChI=1S/C16H21FN2O4/c1-11(2)7-8-18-16(22)19-14(20)10-23-15(21)9-12-5-3-4-6-13(12)17/h3-6,11H,7-10H2,1-2H3,(H2,18,19,20,22). The van der Waals surface area contributed by atoms with E-state index in [1.807, 2.05) is 19.2 Å². The van der Waals surface area contributed by atoms with Gasteiger partial charge in [-0.05, 0) is 24.0 Å². The maximum Gasteiger partial charge on any atom is 0.321 e. The summed E-state index contributed by atoms with van der Waals surface area (Å²) in [5.41, 5.74) is 0.185. The van der Waals surface area contributed by atoms with Crippen LogP contribution in [0.25, 0.3) is 0 Å². The molecule has 0 aliphatic carbocycles. The van der Waals surface area contributed by atoms with Gasteiger partial charge in [-0.1, -0.05) is 32.0 Å². The lowest BCUT2D eigenvalue weighted by Crippen LogP contribution is -2.42. The molecule has 0 fully saturated rings. The summed E-state index contributed by atoms with van der Waals surface area (Å²) in [6, 6.07) is 5.16. The van der Waals surface area contributed by atoms with Crippen LogP contribution in [0, 0.1) is 11.7 Å². The van der Waals surface area contributed by atoms with E-state index in [0.717, 1.165) is 6.42 Å². The molecule has 126 valence electrons. The quantitative estimate of drug-likeness (QED) is 0.749. The molecule has 1 aromatic carbocycles. The van der Waals surface area contributed by atoms with Crippen molar-refractivity contribution in [1.82, 2.24) is 10.6 Å². The van der Waals surface area contributed by atoms with Gasteiger partial charge in [0.15, 0.2) is 6.61 Å². The van der Waals surface area contributed by atoms with Gasteiger partial charge in [0, 0.05) is 6.54 Å². The average Bonchev–Trinajstić information content (AvgIpc) is 2.47. The minimum Gasteiger partial charge on any atom is -0.455 e. The van der Waals surface area contributed by atoms with Gasteiger partial charge < -0.3 is 10.1 Å². The molecular formula is C16H21FN2O4. The normalized spacial score (nSPS) is 10.3. The number of hydrogen-bond donors (Lipinski definition) is 2. The highest BCUT2D eigenvalue weighted by Gasteiger charge is 2.12. The smallest absolute Gasteiger partial charge is 0.321 e. The van der Waals surface area contributed by atoms with Crippen LogP contribution in [0.3, 0.4) is 0 Å². The molecule has 0 heterocycles. The van der Waals surface area contributed by atoms with Gasteiger partial charge in [0.2, 0.25) is 0 Å². The molecular weight excluding hydrogens is 303 g/mol. The van der Waals surface area contributed by atoms with Gasteiger partial charge in [0.1, 0.15) is 5.82 Å². The van der Waals surface area contributed by atoms with Crippen molar-refractivity contribution in [2.75, 3.05) is 13.2 Å². The van der Waals surface area contributed by atoms with E-state index in [-0.39, 0.29) is 12.0 Å². The first kappa shape index (κ1) is 18.6. The average molecular weight is 324 g/mol. The monoisotopic (exact) mass is 324 g/mol. The number of halogens is 1. The van der Waals surface area contributed by atoms with Crippen molar-refractivity contribution in [1.29, 1.82) is 0 Å². The highest BCUT2D eigenvalue weighted by Crippen LogP contribution is 2.07. The summed E-state index contributed by atoms with van der Waals surface area (Å²) < 4.78 is 18.1. The Morgan fingerprint density at radius 2 is 1.91 bits per heavy atom. The largest absolute Gasteiger partial charge is 0.455 e. The molecule has 0 saturated heterocycles. The van der Waals surface area contributed by atoms with Crippen molar-refractivity contribution in [3.63, 3.8) is 0 Å². The first-order chi connectivity index (χ1) is 10.9. The first-order valence-corrected chi connectivity index (χ1v) is 7.35. The molecule has 1 aromatic rings. The zero-order valence-electron chi connectivity index (χ0n) is 13.2. The molecule has 2 N–H and O–H groups in total. The van der Waals surface area contributed by atoms with E-state index >= 15 is 0 Å². The molecule has 0 saturated carbocycles. The highest BCUT2D eigenvalue weighted by atomic mass is 19.1. The second-order valence-electron chi connectivity index (χ2n) is 5.42. The van der Waals surface area contributed by atoms with Crippen LogP contribution in [0.1, 0.15) is 25.8 Å². The minimum atomic E-state index is -0.745. The fourth-order valence-electron chi connectivity index (χ4n) is 1.68. The summed E-state index contributed by atoms with van der Waals surface area (Å²) in [5.74, 6) is -1.57. The maximum atomic E-state index is 13.4. The molecule has 1 rings (SSSR count). The van der Waals surface area contributed by atoms with Crippen molar-refractivity contribution in [2.24, 2.45) is 5.92 Å². The SMILES string of the molecule is CC(C)CCNC(=O)NC(=O)COC(=O)Cc1ccccc1F. The van der Waals surface area contributed by atoms with Crippen LogP contribution in [-0.4, -0.2) is 31.1 Å². The third-order valence-electron chi connectivity index (χ3n) is 2.92. The molecule has 0 aliphatic heterocycles. The highest BCUT2D eigenvalue weighted by molar-refractivity contribution is 5.95. The van der Waals surface area contributed by atoms with Gasteiger partial charge in [-0.2, -0.15) is 0 Å². The van der Waals surface area contributed by atoms with Crippen molar-refractivity contribution in [2.45, 2.75) is 26.7 Å².